The van der Waals surface area contributed by atoms with Gasteiger partial charge in [-0.05, 0) is 46.2 Å². The van der Waals surface area contributed by atoms with Crippen molar-refractivity contribution in [2.45, 2.75) is 52.4 Å². The number of benzene rings is 2. The number of rotatable bonds is 0. The molecule has 0 nitrogen and oxygen atoms in total. The van der Waals surface area contributed by atoms with Crippen LogP contribution in [0.5, 0.6) is 0 Å². The molecule has 0 saturated carbocycles. The molecule has 2 aromatic rings. The highest BCUT2D eigenvalue weighted by atomic mass is 19.2. The molecule has 0 heterocycles. The van der Waals surface area contributed by atoms with Gasteiger partial charge in [0, 0.05) is 0 Å². The van der Waals surface area contributed by atoms with Gasteiger partial charge in [-0.3, -0.25) is 0 Å². The van der Waals surface area contributed by atoms with Gasteiger partial charge in [-0.25, -0.2) is 22.0 Å². The first-order chi connectivity index (χ1) is 11.2. The summed E-state index contributed by atoms with van der Waals surface area (Å²) >= 11 is 0. The molecular weight excluding hydrogens is 335 g/mol. The number of hydrogen-bond acceptors (Lipinski definition) is 0. The molecule has 0 spiro atoms. The monoisotopic (exact) mass is 358 g/mol. The quantitative estimate of drug-likeness (QED) is 0.365. The Hall–Kier alpha value is -1.91. The van der Waals surface area contributed by atoms with Crippen molar-refractivity contribution < 1.29 is 22.0 Å². The van der Waals surface area contributed by atoms with Crippen molar-refractivity contribution in [2.75, 3.05) is 0 Å². The predicted molar refractivity (Wildman–Crippen MR) is 90.1 cm³/mol. The first-order valence-corrected chi connectivity index (χ1v) is 7.84. The number of halogens is 5. The summed E-state index contributed by atoms with van der Waals surface area (Å²) in [5, 5.41) is 0. The van der Waals surface area contributed by atoms with E-state index in [1.165, 1.54) is 6.07 Å². The lowest BCUT2D eigenvalue weighted by Crippen LogP contribution is -2.12. The van der Waals surface area contributed by atoms with Crippen molar-refractivity contribution in [2.24, 2.45) is 0 Å². The highest BCUT2D eigenvalue weighted by Gasteiger charge is 2.19. The summed E-state index contributed by atoms with van der Waals surface area (Å²) in [7, 11) is 0. The van der Waals surface area contributed by atoms with E-state index in [9.17, 15) is 22.0 Å². The van der Waals surface area contributed by atoms with E-state index in [-0.39, 0.29) is 10.8 Å². The lowest BCUT2D eigenvalue weighted by atomic mass is 9.87. The summed E-state index contributed by atoms with van der Waals surface area (Å²) in [5.41, 5.74) is 0.745. The van der Waals surface area contributed by atoms with Crippen LogP contribution in [0.15, 0.2) is 30.3 Å². The minimum absolute atomic E-state index is 0.130. The SMILES string of the molecule is CC(C)(C)c1cc(F)c(F)c(F)c1.CC(C)(C)c1ccc(F)c(F)c1. The molecule has 0 saturated heterocycles. The van der Waals surface area contributed by atoms with Gasteiger partial charge in [0.25, 0.3) is 0 Å². The smallest absolute Gasteiger partial charge is 0.194 e. The van der Waals surface area contributed by atoms with Gasteiger partial charge in [-0.2, -0.15) is 0 Å². The average Bonchev–Trinajstić information content (AvgIpc) is 2.45. The zero-order valence-electron chi connectivity index (χ0n) is 15.3. The summed E-state index contributed by atoms with van der Waals surface area (Å²) in [6.45, 7) is 11.3. The fraction of sp³-hybridized carbons (Fsp3) is 0.400. The maximum absolute atomic E-state index is 12.8. The second-order valence-corrected chi connectivity index (χ2v) is 7.88. The predicted octanol–water partition coefficient (Wildman–Crippen LogP) is 6.66. The zero-order valence-corrected chi connectivity index (χ0v) is 15.3. The molecule has 0 aliphatic rings. The van der Waals surface area contributed by atoms with E-state index in [4.69, 9.17) is 0 Å². The summed E-state index contributed by atoms with van der Waals surface area (Å²) in [6.07, 6.45) is 0. The Morgan fingerprint density at radius 1 is 0.520 bits per heavy atom. The van der Waals surface area contributed by atoms with Crippen molar-refractivity contribution >= 4 is 0 Å². The molecule has 0 aliphatic carbocycles. The Morgan fingerprint density at radius 2 is 0.920 bits per heavy atom. The molecule has 0 radical (unpaired) electrons. The third-order valence-electron chi connectivity index (χ3n) is 3.64. The van der Waals surface area contributed by atoms with Gasteiger partial charge in [0.15, 0.2) is 29.1 Å². The van der Waals surface area contributed by atoms with Gasteiger partial charge in [0.05, 0.1) is 0 Å². The van der Waals surface area contributed by atoms with Crippen LogP contribution in [0, 0.1) is 29.1 Å². The molecule has 0 bridgehead atoms. The van der Waals surface area contributed by atoms with Gasteiger partial charge in [-0.15, -0.1) is 0 Å². The molecule has 0 atom stereocenters. The summed E-state index contributed by atoms with van der Waals surface area (Å²) in [4.78, 5) is 0. The molecule has 5 heteroatoms. The normalized spacial score (nSPS) is 11.8. The van der Waals surface area contributed by atoms with Crippen LogP contribution in [0.3, 0.4) is 0 Å². The van der Waals surface area contributed by atoms with Gasteiger partial charge >= 0.3 is 0 Å². The summed E-state index contributed by atoms with van der Waals surface area (Å²) < 4.78 is 63.3. The first-order valence-electron chi connectivity index (χ1n) is 7.84. The van der Waals surface area contributed by atoms with Crippen molar-refractivity contribution in [3.05, 3.63) is 70.5 Å². The van der Waals surface area contributed by atoms with E-state index < -0.39 is 29.1 Å². The van der Waals surface area contributed by atoms with E-state index >= 15 is 0 Å². The fourth-order valence-electron chi connectivity index (χ4n) is 1.95. The molecule has 0 amide bonds. The topological polar surface area (TPSA) is 0 Å². The highest BCUT2D eigenvalue weighted by Crippen LogP contribution is 2.25. The van der Waals surface area contributed by atoms with E-state index in [2.05, 4.69) is 0 Å². The van der Waals surface area contributed by atoms with Crippen LogP contribution in [0.2, 0.25) is 0 Å². The molecule has 2 aromatic carbocycles. The zero-order chi connectivity index (χ0) is 19.6. The Bertz CT molecular complexity index is 714. The summed E-state index contributed by atoms with van der Waals surface area (Å²) in [6, 6.07) is 6.07. The Morgan fingerprint density at radius 3 is 1.28 bits per heavy atom. The van der Waals surface area contributed by atoms with Crippen LogP contribution in [-0.2, 0) is 10.8 Å². The molecule has 0 fully saturated rings. The molecule has 0 N–H and O–H groups in total. The Kier molecular flexibility index (Phi) is 6.38. The van der Waals surface area contributed by atoms with Crippen LogP contribution < -0.4 is 0 Å². The van der Waals surface area contributed by atoms with Crippen LogP contribution >= 0.6 is 0 Å². The highest BCUT2D eigenvalue weighted by molar-refractivity contribution is 5.25. The van der Waals surface area contributed by atoms with E-state index in [1.807, 2.05) is 20.8 Å². The standard InChI is InChI=1S/C10H11F3.C10H12F2/c1-10(2,3)6-4-7(11)9(13)8(12)5-6;1-10(2,3)7-4-5-8(11)9(12)6-7/h4-5H,1-3H3;4-6H,1-3H3. The van der Waals surface area contributed by atoms with Crippen molar-refractivity contribution in [1.29, 1.82) is 0 Å². The maximum Gasteiger partial charge on any atom is 0.194 e. The summed E-state index contributed by atoms with van der Waals surface area (Å²) in [5.74, 6) is -5.24. The molecule has 2 rings (SSSR count). The fourth-order valence-corrected chi connectivity index (χ4v) is 1.95. The molecule has 25 heavy (non-hydrogen) atoms. The lowest BCUT2D eigenvalue weighted by molar-refractivity contribution is 0.439. The molecule has 138 valence electrons. The maximum atomic E-state index is 12.8. The van der Waals surface area contributed by atoms with E-state index in [0.717, 1.165) is 23.8 Å². The van der Waals surface area contributed by atoms with Crippen LogP contribution in [0.25, 0.3) is 0 Å². The van der Waals surface area contributed by atoms with Gasteiger partial charge in [0.1, 0.15) is 0 Å². The average molecular weight is 358 g/mol. The molecular formula is C20H23F5. The van der Waals surface area contributed by atoms with Crippen LogP contribution in [0.4, 0.5) is 22.0 Å². The third-order valence-corrected chi connectivity index (χ3v) is 3.64. The second kappa shape index (κ2) is 7.54. The van der Waals surface area contributed by atoms with Gasteiger partial charge in [0.2, 0.25) is 0 Å². The minimum Gasteiger partial charge on any atom is -0.204 e. The third kappa shape index (κ3) is 5.83. The Labute approximate surface area is 145 Å². The van der Waals surface area contributed by atoms with E-state index in [1.54, 1.807) is 26.8 Å². The molecule has 0 aromatic heterocycles. The lowest BCUT2D eigenvalue weighted by Gasteiger charge is -2.19. The van der Waals surface area contributed by atoms with Crippen molar-refractivity contribution in [3.63, 3.8) is 0 Å². The largest absolute Gasteiger partial charge is 0.204 e. The first kappa shape index (κ1) is 21.1. The Balaban J connectivity index is 0.000000251. The van der Waals surface area contributed by atoms with Gasteiger partial charge in [-0.1, -0.05) is 47.6 Å². The molecule has 0 aliphatic heterocycles. The second-order valence-electron chi connectivity index (χ2n) is 7.88. The van der Waals surface area contributed by atoms with Crippen molar-refractivity contribution in [1.82, 2.24) is 0 Å². The number of hydrogen-bond donors (Lipinski definition) is 0. The van der Waals surface area contributed by atoms with E-state index in [0.29, 0.717) is 5.56 Å². The van der Waals surface area contributed by atoms with Crippen molar-refractivity contribution in [3.8, 4) is 0 Å². The van der Waals surface area contributed by atoms with Gasteiger partial charge < -0.3 is 0 Å². The minimum atomic E-state index is -1.41. The molecule has 0 unspecified atom stereocenters. The van der Waals surface area contributed by atoms with Crippen LogP contribution in [-0.4, -0.2) is 0 Å². The van der Waals surface area contributed by atoms with Crippen LogP contribution in [0.1, 0.15) is 52.7 Å².